The lowest BCUT2D eigenvalue weighted by Gasteiger charge is -2.05. The van der Waals surface area contributed by atoms with Crippen LogP contribution in [0.15, 0.2) is 5.38 Å². The number of thioether (sulfide) groups is 1. The molecule has 0 unspecified atom stereocenters. The summed E-state index contributed by atoms with van der Waals surface area (Å²) in [6, 6.07) is 0. The minimum absolute atomic E-state index is 0.00503. The molecule has 0 atom stereocenters. The average molecular weight is 343 g/mol. The van der Waals surface area contributed by atoms with E-state index in [1.807, 2.05) is 5.38 Å². The van der Waals surface area contributed by atoms with Gasteiger partial charge in [0.1, 0.15) is 0 Å². The maximum atomic E-state index is 8.87. The molecule has 0 aliphatic carbocycles. The lowest BCUT2D eigenvalue weighted by atomic mass is 10.6. The third kappa shape index (κ3) is 5.13. The first kappa shape index (κ1) is 16.5. The van der Waals surface area contributed by atoms with E-state index < -0.39 is 0 Å². The van der Waals surface area contributed by atoms with Crippen LogP contribution in [0.1, 0.15) is 5.69 Å². The second-order valence-electron chi connectivity index (χ2n) is 4.11. The van der Waals surface area contributed by atoms with Gasteiger partial charge in [0.2, 0.25) is 5.95 Å². The average Bonchev–Trinajstić information content (AvgIpc) is 3.08. The Morgan fingerprint density at radius 3 is 3.18 bits per heavy atom. The molecule has 2 aromatic heterocycles. The maximum Gasteiger partial charge on any atom is 0.243 e. The maximum absolute atomic E-state index is 8.87. The molecule has 12 heteroatoms. The van der Waals surface area contributed by atoms with Crippen LogP contribution in [-0.2, 0) is 12.3 Å². The van der Waals surface area contributed by atoms with Crippen molar-refractivity contribution in [1.82, 2.24) is 25.2 Å². The molecule has 0 aliphatic rings. The molecule has 0 spiro atoms. The highest BCUT2D eigenvalue weighted by atomic mass is 32.2. The Hall–Kier alpha value is -1.92. The molecule has 0 amide bonds. The Balaban J connectivity index is 1.65. The van der Waals surface area contributed by atoms with Gasteiger partial charge in [-0.25, -0.2) is 9.67 Å². The first-order valence-electron chi connectivity index (χ1n) is 6.43. The van der Waals surface area contributed by atoms with Crippen molar-refractivity contribution in [3.8, 4) is 0 Å². The number of nitrogens with zero attached hydrogens (tertiary/aromatic N) is 5. The van der Waals surface area contributed by atoms with Crippen LogP contribution in [0.3, 0.4) is 0 Å². The Bertz CT molecular complexity index is 599. The van der Waals surface area contributed by atoms with Crippen LogP contribution in [0, 0.1) is 5.41 Å². The zero-order valence-corrected chi connectivity index (χ0v) is 13.3. The number of hydrogen-bond donors (Lipinski definition) is 5. The quantitative estimate of drug-likeness (QED) is 0.236. The van der Waals surface area contributed by atoms with Crippen molar-refractivity contribution >= 4 is 40.1 Å². The smallest absolute Gasteiger partial charge is 0.243 e. The molecule has 0 saturated carbocycles. The summed E-state index contributed by atoms with van der Waals surface area (Å²) in [5.41, 5.74) is 6.19. The van der Waals surface area contributed by atoms with Gasteiger partial charge in [-0.15, -0.1) is 11.3 Å². The Labute approximate surface area is 135 Å². The number of guanidine groups is 1. The lowest BCUT2D eigenvalue weighted by Crippen LogP contribution is -2.20. The molecule has 2 heterocycles. The van der Waals surface area contributed by atoms with Crippen LogP contribution in [0.2, 0.25) is 0 Å². The SMILES string of the molecule is N=C(N)Nc1nc(CSCCNc2nnnn2CCO)cs1. The number of nitrogens with one attached hydrogen (secondary N) is 3. The second kappa shape index (κ2) is 8.51. The zero-order chi connectivity index (χ0) is 15.8. The Kier molecular flexibility index (Phi) is 6.36. The fourth-order valence-electron chi connectivity index (χ4n) is 1.53. The summed E-state index contributed by atoms with van der Waals surface area (Å²) in [6.07, 6.45) is 0. The number of nitrogens with two attached hydrogens (primary N) is 1. The molecule has 0 saturated heterocycles. The van der Waals surface area contributed by atoms with Gasteiger partial charge in [-0.2, -0.15) is 11.8 Å². The fraction of sp³-hybridized carbons (Fsp3) is 0.500. The topological polar surface area (TPSA) is 151 Å². The zero-order valence-electron chi connectivity index (χ0n) is 11.7. The standard InChI is InChI=1S/C10H17N9OS2/c11-8(12)15-10-14-7(6-22-10)5-21-4-1-13-9-16-17-18-19(9)2-3-20/h6,20H,1-5H2,(H,13,16,18)(H4,11,12,14,15). The third-order valence-corrected chi connectivity index (χ3v) is 4.22. The number of tetrazole rings is 1. The van der Waals surface area contributed by atoms with Crippen molar-refractivity contribution in [3.63, 3.8) is 0 Å². The van der Waals surface area contributed by atoms with Gasteiger partial charge in [0, 0.05) is 23.4 Å². The summed E-state index contributed by atoms with van der Waals surface area (Å²) in [5, 5.41) is 35.5. The van der Waals surface area contributed by atoms with E-state index in [4.69, 9.17) is 16.2 Å². The molecular formula is C10H17N9OS2. The summed E-state index contributed by atoms with van der Waals surface area (Å²) in [7, 11) is 0. The number of aliphatic hydroxyl groups excluding tert-OH is 1. The fourth-order valence-corrected chi connectivity index (χ4v) is 3.11. The number of rotatable bonds is 9. The van der Waals surface area contributed by atoms with E-state index in [2.05, 4.69) is 31.1 Å². The summed E-state index contributed by atoms with van der Waals surface area (Å²) in [4.78, 5) is 4.32. The van der Waals surface area contributed by atoms with E-state index in [1.54, 1.807) is 11.8 Å². The molecule has 0 fully saturated rings. The summed E-state index contributed by atoms with van der Waals surface area (Å²) in [6.45, 7) is 1.07. The second-order valence-corrected chi connectivity index (χ2v) is 6.07. The van der Waals surface area contributed by atoms with Gasteiger partial charge in [0.15, 0.2) is 11.1 Å². The molecule has 6 N–H and O–H groups in total. The van der Waals surface area contributed by atoms with E-state index in [0.29, 0.717) is 24.2 Å². The first-order valence-corrected chi connectivity index (χ1v) is 8.46. The minimum Gasteiger partial charge on any atom is -0.394 e. The minimum atomic E-state index is -0.113. The first-order chi connectivity index (χ1) is 10.7. The third-order valence-electron chi connectivity index (χ3n) is 2.42. The summed E-state index contributed by atoms with van der Waals surface area (Å²) < 4.78 is 1.52. The van der Waals surface area contributed by atoms with Gasteiger partial charge >= 0.3 is 0 Å². The molecule has 2 aromatic rings. The van der Waals surface area contributed by atoms with Gasteiger partial charge in [-0.05, 0) is 10.4 Å². The normalized spacial score (nSPS) is 10.6. The molecule has 22 heavy (non-hydrogen) atoms. The van der Waals surface area contributed by atoms with Crippen LogP contribution in [-0.4, -0.2) is 55.2 Å². The van der Waals surface area contributed by atoms with Crippen LogP contribution < -0.4 is 16.4 Å². The van der Waals surface area contributed by atoms with E-state index in [-0.39, 0.29) is 12.6 Å². The molecule has 0 aliphatic heterocycles. The van der Waals surface area contributed by atoms with Gasteiger partial charge in [-0.3, -0.25) is 5.41 Å². The van der Waals surface area contributed by atoms with E-state index in [9.17, 15) is 0 Å². The van der Waals surface area contributed by atoms with Crippen molar-refractivity contribution in [2.24, 2.45) is 5.73 Å². The Morgan fingerprint density at radius 2 is 2.41 bits per heavy atom. The molecule has 10 nitrogen and oxygen atoms in total. The van der Waals surface area contributed by atoms with Gasteiger partial charge in [0.25, 0.3) is 0 Å². The summed E-state index contributed by atoms with van der Waals surface area (Å²) in [5.74, 6) is 2.08. The van der Waals surface area contributed by atoms with E-state index in [1.165, 1.54) is 16.0 Å². The van der Waals surface area contributed by atoms with Crippen molar-refractivity contribution in [2.45, 2.75) is 12.3 Å². The molecule has 120 valence electrons. The predicted molar refractivity (Wildman–Crippen MR) is 87.2 cm³/mol. The number of thiazole rings is 1. The molecule has 0 bridgehead atoms. The van der Waals surface area contributed by atoms with Gasteiger partial charge in [0.05, 0.1) is 18.8 Å². The highest BCUT2D eigenvalue weighted by Crippen LogP contribution is 2.19. The monoisotopic (exact) mass is 343 g/mol. The van der Waals surface area contributed by atoms with Crippen LogP contribution in [0.25, 0.3) is 0 Å². The molecule has 0 aromatic carbocycles. The highest BCUT2D eigenvalue weighted by Gasteiger charge is 2.05. The van der Waals surface area contributed by atoms with Crippen LogP contribution in [0.5, 0.6) is 0 Å². The molecule has 2 rings (SSSR count). The van der Waals surface area contributed by atoms with E-state index >= 15 is 0 Å². The van der Waals surface area contributed by atoms with Crippen LogP contribution >= 0.6 is 23.1 Å². The number of hydrogen-bond acceptors (Lipinski definition) is 9. The van der Waals surface area contributed by atoms with Gasteiger partial charge in [-0.1, -0.05) is 5.10 Å². The summed E-state index contributed by atoms with van der Waals surface area (Å²) >= 11 is 3.14. The van der Waals surface area contributed by atoms with Crippen molar-refractivity contribution in [2.75, 3.05) is 29.5 Å². The number of aliphatic hydroxyl groups is 1. The van der Waals surface area contributed by atoms with Crippen LogP contribution in [0.4, 0.5) is 11.1 Å². The number of anilines is 2. The number of aromatic nitrogens is 5. The predicted octanol–water partition coefficient (Wildman–Crippen LogP) is -0.227. The molecule has 0 radical (unpaired) electrons. The Morgan fingerprint density at radius 1 is 1.55 bits per heavy atom. The van der Waals surface area contributed by atoms with Crippen molar-refractivity contribution < 1.29 is 5.11 Å². The lowest BCUT2D eigenvalue weighted by molar-refractivity contribution is 0.269. The van der Waals surface area contributed by atoms with Gasteiger partial charge < -0.3 is 21.5 Å². The van der Waals surface area contributed by atoms with Crippen molar-refractivity contribution in [3.05, 3.63) is 11.1 Å². The largest absolute Gasteiger partial charge is 0.394 e. The van der Waals surface area contributed by atoms with Crippen molar-refractivity contribution in [1.29, 1.82) is 5.41 Å². The molecular weight excluding hydrogens is 326 g/mol. The highest BCUT2D eigenvalue weighted by molar-refractivity contribution is 7.98. The van der Waals surface area contributed by atoms with E-state index in [0.717, 1.165) is 17.2 Å².